The van der Waals surface area contributed by atoms with Gasteiger partial charge in [0.15, 0.2) is 6.10 Å². The first-order valence-corrected chi connectivity index (χ1v) is 19.0. The Bertz CT molecular complexity index is 561. The summed E-state index contributed by atoms with van der Waals surface area (Å²) >= 11 is 0. The van der Waals surface area contributed by atoms with Crippen LogP contribution in [-0.2, 0) is 14.3 Å². The number of carbonyl (C=O) groups excluding carboxylic acids is 1. The van der Waals surface area contributed by atoms with Crippen molar-refractivity contribution in [3.63, 3.8) is 0 Å². The zero-order valence-corrected chi connectivity index (χ0v) is 28.6. The van der Waals surface area contributed by atoms with Crippen molar-refractivity contribution in [1.29, 1.82) is 0 Å². The number of carboxylic acid groups (broad SMARTS) is 1. The second-order valence-corrected chi connectivity index (χ2v) is 13.1. The number of unbranched alkanes of at least 4 members (excludes halogenated alkanes) is 29. The number of esters is 1. The highest BCUT2D eigenvalue weighted by atomic mass is 16.6. The van der Waals surface area contributed by atoms with Crippen LogP contribution in [0.3, 0.4) is 0 Å². The normalized spacial score (nSPS) is 12.0. The van der Waals surface area contributed by atoms with Gasteiger partial charge in [0.1, 0.15) is 0 Å². The Balaban J connectivity index is 3.50. The van der Waals surface area contributed by atoms with E-state index in [0.29, 0.717) is 12.8 Å². The lowest BCUT2D eigenvalue weighted by Gasteiger charge is -2.13. The van der Waals surface area contributed by atoms with Crippen molar-refractivity contribution >= 4 is 11.9 Å². The van der Waals surface area contributed by atoms with E-state index in [9.17, 15) is 14.7 Å². The predicted molar refractivity (Wildman–Crippen MR) is 181 cm³/mol. The molecule has 0 aromatic carbocycles. The van der Waals surface area contributed by atoms with E-state index in [1.54, 1.807) is 0 Å². The zero-order valence-electron chi connectivity index (χ0n) is 28.6. The van der Waals surface area contributed by atoms with Gasteiger partial charge >= 0.3 is 11.9 Å². The molecule has 0 aromatic rings. The SMILES string of the molecule is CCCCCCCCCCCCCCCCCCC(OC(=O)CCCCCCCCCCCCCCCCC)C(=O)O. The minimum Gasteiger partial charge on any atom is -0.479 e. The molecule has 0 rings (SSSR count). The molecule has 42 heavy (non-hydrogen) atoms. The van der Waals surface area contributed by atoms with E-state index >= 15 is 0 Å². The summed E-state index contributed by atoms with van der Waals surface area (Å²) in [6.07, 6.45) is 39.9. The fraction of sp³-hybridized carbons (Fsp3) is 0.947. The van der Waals surface area contributed by atoms with Crippen LogP contribution in [0.5, 0.6) is 0 Å². The quantitative estimate of drug-likeness (QED) is 0.0585. The number of carboxylic acids is 1. The minimum atomic E-state index is -0.999. The molecule has 0 aliphatic heterocycles. The standard InChI is InChI=1S/C38H74O4/c1-3-5-7-9-11-13-15-17-19-21-22-24-26-28-30-32-34-36(38(40)41)42-37(39)35-33-31-29-27-25-23-20-18-16-14-12-10-8-6-4-2/h36H,3-35H2,1-2H3,(H,40,41). The topological polar surface area (TPSA) is 63.6 Å². The zero-order chi connectivity index (χ0) is 30.8. The van der Waals surface area contributed by atoms with E-state index in [1.165, 1.54) is 161 Å². The van der Waals surface area contributed by atoms with Crippen molar-refractivity contribution in [2.45, 2.75) is 232 Å². The molecule has 0 heterocycles. The highest BCUT2D eigenvalue weighted by molar-refractivity contribution is 5.77. The Morgan fingerprint density at radius 3 is 0.976 bits per heavy atom. The lowest BCUT2D eigenvalue weighted by Crippen LogP contribution is -2.27. The Hall–Kier alpha value is -1.06. The van der Waals surface area contributed by atoms with Crippen molar-refractivity contribution < 1.29 is 19.4 Å². The maximum Gasteiger partial charge on any atom is 0.345 e. The molecule has 0 saturated heterocycles. The summed E-state index contributed by atoms with van der Waals surface area (Å²) in [7, 11) is 0. The fourth-order valence-corrected chi connectivity index (χ4v) is 5.97. The smallest absolute Gasteiger partial charge is 0.345 e. The van der Waals surface area contributed by atoms with Crippen LogP contribution in [0.25, 0.3) is 0 Å². The summed E-state index contributed by atoms with van der Waals surface area (Å²) in [5.74, 6) is -1.34. The molecule has 4 nitrogen and oxygen atoms in total. The molecule has 4 heteroatoms. The molecule has 0 radical (unpaired) electrons. The molecule has 0 fully saturated rings. The summed E-state index contributed by atoms with van der Waals surface area (Å²) in [4.78, 5) is 23.7. The van der Waals surface area contributed by atoms with E-state index < -0.39 is 12.1 Å². The van der Waals surface area contributed by atoms with Gasteiger partial charge in [-0.25, -0.2) is 4.79 Å². The van der Waals surface area contributed by atoms with E-state index in [4.69, 9.17) is 4.74 Å². The van der Waals surface area contributed by atoms with Crippen LogP contribution in [0.15, 0.2) is 0 Å². The first-order valence-electron chi connectivity index (χ1n) is 19.0. The number of ether oxygens (including phenoxy) is 1. The van der Waals surface area contributed by atoms with Gasteiger partial charge in [-0.15, -0.1) is 0 Å². The summed E-state index contributed by atoms with van der Waals surface area (Å²) in [6, 6.07) is 0. The largest absolute Gasteiger partial charge is 0.479 e. The predicted octanol–water partition coefficient (Wildman–Crippen LogP) is 12.9. The number of hydrogen-bond acceptors (Lipinski definition) is 3. The molecular weight excluding hydrogens is 520 g/mol. The lowest BCUT2D eigenvalue weighted by molar-refractivity contribution is -0.164. The molecule has 250 valence electrons. The molecular formula is C38H74O4. The summed E-state index contributed by atoms with van der Waals surface area (Å²) in [6.45, 7) is 4.55. The molecule has 0 bridgehead atoms. The molecule has 0 aliphatic carbocycles. The third-order valence-corrected chi connectivity index (χ3v) is 8.85. The van der Waals surface area contributed by atoms with Crippen molar-refractivity contribution in [3.05, 3.63) is 0 Å². The highest BCUT2D eigenvalue weighted by Gasteiger charge is 2.21. The first kappa shape index (κ1) is 40.9. The molecule has 1 N–H and O–H groups in total. The van der Waals surface area contributed by atoms with E-state index in [1.807, 2.05) is 0 Å². The molecule has 0 saturated carbocycles. The fourth-order valence-electron chi connectivity index (χ4n) is 5.97. The monoisotopic (exact) mass is 595 g/mol. The van der Waals surface area contributed by atoms with Crippen LogP contribution in [-0.4, -0.2) is 23.1 Å². The van der Waals surface area contributed by atoms with Gasteiger partial charge < -0.3 is 9.84 Å². The van der Waals surface area contributed by atoms with Gasteiger partial charge in [0.05, 0.1) is 0 Å². The number of rotatable bonds is 35. The second-order valence-electron chi connectivity index (χ2n) is 13.1. The van der Waals surface area contributed by atoms with E-state index in [0.717, 1.165) is 38.5 Å². The van der Waals surface area contributed by atoms with Crippen LogP contribution in [0, 0.1) is 0 Å². The van der Waals surface area contributed by atoms with Gasteiger partial charge in [-0.05, 0) is 19.3 Å². The minimum absolute atomic E-state index is 0.339. The van der Waals surface area contributed by atoms with E-state index in [2.05, 4.69) is 13.8 Å². The molecule has 0 aromatic heterocycles. The third kappa shape index (κ3) is 31.9. The van der Waals surface area contributed by atoms with Crippen molar-refractivity contribution in [2.75, 3.05) is 0 Å². The summed E-state index contributed by atoms with van der Waals surface area (Å²) < 4.78 is 5.32. The summed E-state index contributed by atoms with van der Waals surface area (Å²) in [5.41, 5.74) is 0. The van der Waals surface area contributed by atoms with Crippen LogP contribution in [0.2, 0.25) is 0 Å². The second kappa shape index (κ2) is 34.4. The van der Waals surface area contributed by atoms with Crippen LogP contribution in [0.1, 0.15) is 226 Å². The van der Waals surface area contributed by atoms with Crippen molar-refractivity contribution in [3.8, 4) is 0 Å². The number of carbonyl (C=O) groups is 2. The van der Waals surface area contributed by atoms with Crippen molar-refractivity contribution in [1.82, 2.24) is 0 Å². The van der Waals surface area contributed by atoms with E-state index in [-0.39, 0.29) is 5.97 Å². The Morgan fingerprint density at radius 2 is 0.690 bits per heavy atom. The Kier molecular flexibility index (Phi) is 33.6. The molecule has 1 unspecified atom stereocenters. The first-order chi connectivity index (χ1) is 20.6. The maximum atomic E-state index is 12.2. The molecule has 0 aliphatic rings. The van der Waals surface area contributed by atoms with Gasteiger partial charge in [-0.2, -0.15) is 0 Å². The summed E-state index contributed by atoms with van der Waals surface area (Å²) in [5, 5.41) is 9.47. The highest BCUT2D eigenvalue weighted by Crippen LogP contribution is 2.17. The number of aliphatic carboxylic acids is 1. The van der Waals surface area contributed by atoms with Gasteiger partial charge in [0.2, 0.25) is 0 Å². The van der Waals surface area contributed by atoms with Gasteiger partial charge in [0, 0.05) is 6.42 Å². The number of hydrogen-bond donors (Lipinski definition) is 1. The molecule has 0 amide bonds. The maximum absolute atomic E-state index is 12.2. The Labute approximate surface area is 262 Å². The lowest BCUT2D eigenvalue weighted by atomic mass is 10.0. The molecule has 0 spiro atoms. The van der Waals surface area contributed by atoms with Crippen molar-refractivity contribution in [2.24, 2.45) is 0 Å². The van der Waals surface area contributed by atoms with Gasteiger partial charge in [-0.3, -0.25) is 4.79 Å². The van der Waals surface area contributed by atoms with Gasteiger partial charge in [0.25, 0.3) is 0 Å². The van der Waals surface area contributed by atoms with Crippen LogP contribution < -0.4 is 0 Å². The van der Waals surface area contributed by atoms with Crippen LogP contribution in [0.4, 0.5) is 0 Å². The van der Waals surface area contributed by atoms with Crippen LogP contribution >= 0.6 is 0 Å². The van der Waals surface area contributed by atoms with Gasteiger partial charge in [-0.1, -0.05) is 200 Å². The Morgan fingerprint density at radius 1 is 0.429 bits per heavy atom. The molecule has 1 atom stereocenters. The third-order valence-electron chi connectivity index (χ3n) is 8.85. The average Bonchev–Trinajstić information content (AvgIpc) is 2.98. The average molecular weight is 595 g/mol.